The van der Waals surface area contributed by atoms with E-state index in [-0.39, 0.29) is 29.9 Å². The van der Waals surface area contributed by atoms with E-state index in [1.54, 1.807) is 42.9 Å². The molecule has 0 bridgehead atoms. The second-order valence-corrected chi connectivity index (χ2v) is 6.27. The summed E-state index contributed by atoms with van der Waals surface area (Å²) in [6.07, 6.45) is 3.19. The van der Waals surface area contributed by atoms with E-state index in [9.17, 15) is 4.79 Å². The summed E-state index contributed by atoms with van der Waals surface area (Å²) in [5, 5.41) is 11.4. The topological polar surface area (TPSA) is 78.4 Å². The fourth-order valence-corrected chi connectivity index (χ4v) is 2.89. The molecule has 6 nitrogen and oxygen atoms in total. The van der Waals surface area contributed by atoms with E-state index in [1.165, 1.54) is 4.88 Å². The van der Waals surface area contributed by atoms with Gasteiger partial charge in [-0.2, -0.15) is 0 Å². The van der Waals surface area contributed by atoms with Gasteiger partial charge in [0.25, 0.3) is 5.91 Å². The Kier molecular flexibility index (Phi) is 10.1. The number of pyridine rings is 1. The number of nitrogens with one attached hydrogen (secondary N) is 3. The van der Waals surface area contributed by atoms with Crippen LogP contribution in [-0.2, 0) is 0 Å². The number of hydrogen-bond donors (Lipinski definition) is 3. The van der Waals surface area contributed by atoms with Crippen LogP contribution in [0, 0.1) is 0 Å². The number of hydrogen-bond acceptors (Lipinski definition) is 4. The van der Waals surface area contributed by atoms with Gasteiger partial charge in [0.1, 0.15) is 0 Å². The summed E-state index contributed by atoms with van der Waals surface area (Å²) >= 11 is 1.76. The van der Waals surface area contributed by atoms with Gasteiger partial charge in [0.05, 0.1) is 5.56 Å². The summed E-state index contributed by atoms with van der Waals surface area (Å²) in [6, 6.07) is 7.69. The van der Waals surface area contributed by atoms with E-state index in [1.807, 2.05) is 0 Å². The monoisotopic (exact) mass is 473 g/mol. The summed E-state index contributed by atoms with van der Waals surface area (Å²) in [5.74, 6) is 1.03. The van der Waals surface area contributed by atoms with Gasteiger partial charge in [-0.25, -0.2) is 0 Å². The van der Waals surface area contributed by atoms with E-state index in [0.717, 1.165) is 12.5 Å². The average molecular weight is 473 g/mol. The molecule has 0 aromatic carbocycles. The molecule has 0 aliphatic rings. The lowest BCUT2D eigenvalue weighted by Crippen LogP contribution is -2.42. The first-order valence-electron chi connectivity index (χ1n) is 7.87. The molecule has 0 spiro atoms. The van der Waals surface area contributed by atoms with E-state index in [0.29, 0.717) is 24.6 Å². The number of aromatic nitrogens is 1. The van der Waals surface area contributed by atoms with Gasteiger partial charge in [0, 0.05) is 49.9 Å². The molecule has 3 N–H and O–H groups in total. The first-order chi connectivity index (χ1) is 11.7. The summed E-state index contributed by atoms with van der Waals surface area (Å²) in [5.41, 5.74) is 0.560. The quantitative estimate of drug-likeness (QED) is 0.250. The maximum absolute atomic E-state index is 11.9. The molecule has 0 saturated heterocycles. The molecule has 136 valence electrons. The van der Waals surface area contributed by atoms with Gasteiger partial charge in [-0.3, -0.25) is 14.8 Å². The van der Waals surface area contributed by atoms with Gasteiger partial charge >= 0.3 is 0 Å². The Balaban J connectivity index is 0.00000312. The number of guanidine groups is 1. The van der Waals surface area contributed by atoms with Gasteiger partial charge < -0.3 is 16.0 Å². The van der Waals surface area contributed by atoms with Crippen LogP contribution in [0.2, 0.25) is 0 Å². The third kappa shape index (κ3) is 7.39. The molecule has 1 atom stereocenters. The van der Waals surface area contributed by atoms with Crippen LogP contribution < -0.4 is 16.0 Å². The molecule has 2 aromatic rings. The zero-order chi connectivity index (χ0) is 17.2. The van der Waals surface area contributed by atoms with Crippen molar-refractivity contribution in [3.63, 3.8) is 0 Å². The van der Waals surface area contributed by atoms with Gasteiger partial charge in [-0.15, -0.1) is 35.3 Å². The van der Waals surface area contributed by atoms with Crippen LogP contribution >= 0.6 is 35.3 Å². The lowest BCUT2D eigenvalue weighted by atomic mass is 10.1. The van der Waals surface area contributed by atoms with E-state index >= 15 is 0 Å². The lowest BCUT2D eigenvalue weighted by molar-refractivity contribution is 0.0954. The van der Waals surface area contributed by atoms with Crippen molar-refractivity contribution in [2.75, 3.05) is 26.7 Å². The van der Waals surface area contributed by atoms with Crippen LogP contribution in [0.25, 0.3) is 0 Å². The first-order valence-corrected chi connectivity index (χ1v) is 8.75. The summed E-state index contributed by atoms with van der Waals surface area (Å²) in [7, 11) is 1.74. The Hall–Kier alpha value is -1.68. The van der Waals surface area contributed by atoms with Crippen molar-refractivity contribution >= 4 is 47.2 Å². The van der Waals surface area contributed by atoms with Crippen LogP contribution in [-0.4, -0.2) is 43.5 Å². The maximum Gasteiger partial charge on any atom is 0.252 e. The number of nitrogens with zero attached hydrogens (tertiary/aromatic N) is 2. The Morgan fingerprint density at radius 3 is 2.68 bits per heavy atom. The van der Waals surface area contributed by atoms with Crippen molar-refractivity contribution in [3.8, 4) is 0 Å². The zero-order valence-electron chi connectivity index (χ0n) is 14.4. The van der Waals surface area contributed by atoms with Crippen molar-refractivity contribution in [2.45, 2.75) is 12.8 Å². The van der Waals surface area contributed by atoms with Crippen molar-refractivity contribution in [1.29, 1.82) is 0 Å². The number of aliphatic imine (C=N–C) groups is 1. The molecule has 2 rings (SSSR count). The number of carbonyl (C=O) groups excluding carboxylic acids is 1. The number of thiophene rings is 1. The molecule has 1 amide bonds. The maximum atomic E-state index is 11.9. The molecule has 0 saturated carbocycles. The fraction of sp³-hybridized carbons (Fsp3) is 0.353. The Labute approximate surface area is 169 Å². The molecule has 8 heteroatoms. The minimum Gasteiger partial charge on any atom is -0.356 e. The highest BCUT2D eigenvalue weighted by atomic mass is 127. The smallest absolute Gasteiger partial charge is 0.252 e. The van der Waals surface area contributed by atoms with E-state index in [2.05, 4.69) is 50.4 Å². The summed E-state index contributed by atoms with van der Waals surface area (Å²) in [6.45, 7) is 4.09. The summed E-state index contributed by atoms with van der Waals surface area (Å²) < 4.78 is 0. The van der Waals surface area contributed by atoms with Gasteiger partial charge in [-0.05, 0) is 23.6 Å². The van der Waals surface area contributed by atoms with Crippen LogP contribution in [0.15, 0.2) is 47.0 Å². The van der Waals surface area contributed by atoms with Crippen molar-refractivity contribution < 1.29 is 4.79 Å². The van der Waals surface area contributed by atoms with Gasteiger partial charge in [-0.1, -0.05) is 13.0 Å². The normalized spacial score (nSPS) is 12.0. The number of amides is 1. The molecular formula is C17H24IN5OS. The standard InChI is InChI=1S/C17H23N5OS.HI/c1-13(15-6-4-10-24-15)11-22-17(18-2)21-9-8-20-16(23)14-5-3-7-19-12-14;/h3-7,10,12-13H,8-9,11H2,1-2H3,(H,20,23)(H2,18,21,22);1H. The third-order valence-electron chi connectivity index (χ3n) is 3.45. The molecule has 2 heterocycles. The molecule has 0 aliphatic heterocycles. The Morgan fingerprint density at radius 2 is 2.04 bits per heavy atom. The predicted octanol–water partition coefficient (Wildman–Crippen LogP) is 2.46. The van der Waals surface area contributed by atoms with Crippen molar-refractivity contribution in [2.24, 2.45) is 4.99 Å². The first kappa shape index (κ1) is 21.4. The minimum atomic E-state index is -0.126. The molecular weight excluding hydrogens is 449 g/mol. The predicted molar refractivity (Wildman–Crippen MR) is 114 cm³/mol. The largest absolute Gasteiger partial charge is 0.356 e. The van der Waals surface area contributed by atoms with Gasteiger partial charge in [0.15, 0.2) is 5.96 Å². The third-order valence-corrected chi connectivity index (χ3v) is 4.56. The minimum absolute atomic E-state index is 0. The number of halogens is 1. The molecule has 0 aliphatic carbocycles. The molecule has 2 aromatic heterocycles. The Morgan fingerprint density at radius 1 is 1.24 bits per heavy atom. The van der Waals surface area contributed by atoms with Crippen LogP contribution in [0.5, 0.6) is 0 Å². The summed E-state index contributed by atoms with van der Waals surface area (Å²) in [4.78, 5) is 21.4. The van der Waals surface area contributed by atoms with Crippen LogP contribution in [0.3, 0.4) is 0 Å². The van der Waals surface area contributed by atoms with Crippen LogP contribution in [0.1, 0.15) is 28.1 Å². The average Bonchev–Trinajstić information content (AvgIpc) is 3.16. The molecule has 0 radical (unpaired) electrons. The fourth-order valence-electron chi connectivity index (χ4n) is 2.10. The Bertz CT molecular complexity index is 648. The number of rotatable bonds is 7. The van der Waals surface area contributed by atoms with Crippen LogP contribution in [0.4, 0.5) is 0 Å². The molecule has 1 unspecified atom stereocenters. The highest BCUT2D eigenvalue weighted by Crippen LogP contribution is 2.19. The number of carbonyl (C=O) groups is 1. The van der Waals surface area contributed by atoms with Gasteiger partial charge in [0.2, 0.25) is 0 Å². The lowest BCUT2D eigenvalue weighted by Gasteiger charge is -2.15. The second kappa shape index (κ2) is 11.8. The molecule has 25 heavy (non-hydrogen) atoms. The second-order valence-electron chi connectivity index (χ2n) is 5.29. The van der Waals surface area contributed by atoms with E-state index in [4.69, 9.17) is 0 Å². The SMILES string of the molecule is CN=C(NCCNC(=O)c1cccnc1)NCC(C)c1cccs1.I. The van der Waals surface area contributed by atoms with E-state index < -0.39 is 0 Å². The highest BCUT2D eigenvalue weighted by Gasteiger charge is 2.08. The highest BCUT2D eigenvalue weighted by molar-refractivity contribution is 14.0. The van der Waals surface area contributed by atoms with Crippen molar-refractivity contribution in [1.82, 2.24) is 20.9 Å². The molecule has 0 fully saturated rings. The zero-order valence-corrected chi connectivity index (χ0v) is 17.5. The van der Waals surface area contributed by atoms with Crippen molar-refractivity contribution in [3.05, 3.63) is 52.5 Å².